The molecule has 0 fully saturated rings. The highest BCUT2D eigenvalue weighted by Gasteiger charge is 2.08. The summed E-state index contributed by atoms with van der Waals surface area (Å²) < 4.78 is 0. The zero-order valence-electron chi connectivity index (χ0n) is 12.8. The Balaban J connectivity index is 1.46. The lowest BCUT2D eigenvalue weighted by molar-refractivity contribution is 0.865. The SMILES string of the molecule is c1ccc(CCc2n[nH]c(Cc3c[nH]c4ccccc34)n2)cc1. The Morgan fingerprint density at radius 3 is 2.61 bits per heavy atom. The summed E-state index contributed by atoms with van der Waals surface area (Å²) in [5, 5.41) is 8.66. The van der Waals surface area contributed by atoms with E-state index in [1.54, 1.807) is 0 Å². The number of aromatic amines is 2. The molecule has 4 nitrogen and oxygen atoms in total. The molecule has 0 aliphatic rings. The molecule has 2 N–H and O–H groups in total. The third-order valence-electron chi connectivity index (χ3n) is 4.09. The van der Waals surface area contributed by atoms with Crippen LogP contribution in [0.1, 0.15) is 22.8 Å². The van der Waals surface area contributed by atoms with Gasteiger partial charge in [0.25, 0.3) is 0 Å². The van der Waals surface area contributed by atoms with Crippen LogP contribution in [0.25, 0.3) is 10.9 Å². The molecule has 23 heavy (non-hydrogen) atoms. The number of para-hydroxylation sites is 1. The summed E-state index contributed by atoms with van der Waals surface area (Å²) in [6.07, 6.45) is 4.64. The first kappa shape index (κ1) is 13.8. The number of nitrogens with one attached hydrogen (secondary N) is 2. The van der Waals surface area contributed by atoms with E-state index in [4.69, 9.17) is 0 Å². The van der Waals surface area contributed by atoms with Gasteiger partial charge in [0.1, 0.15) is 5.82 Å². The van der Waals surface area contributed by atoms with Gasteiger partial charge in [0.2, 0.25) is 0 Å². The number of hydrogen-bond acceptors (Lipinski definition) is 2. The van der Waals surface area contributed by atoms with E-state index in [1.807, 2.05) is 12.1 Å². The van der Waals surface area contributed by atoms with Gasteiger partial charge < -0.3 is 4.98 Å². The molecule has 4 aromatic rings. The highest BCUT2D eigenvalue weighted by Crippen LogP contribution is 2.19. The number of nitrogens with zero attached hydrogens (tertiary/aromatic N) is 2. The van der Waals surface area contributed by atoms with E-state index in [0.717, 1.165) is 36.4 Å². The Morgan fingerprint density at radius 1 is 0.870 bits per heavy atom. The molecule has 2 aromatic heterocycles. The van der Waals surface area contributed by atoms with E-state index < -0.39 is 0 Å². The minimum Gasteiger partial charge on any atom is -0.361 e. The van der Waals surface area contributed by atoms with Gasteiger partial charge in [-0.1, -0.05) is 48.5 Å². The van der Waals surface area contributed by atoms with E-state index in [9.17, 15) is 0 Å². The second kappa shape index (κ2) is 6.08. The molecule has 0 aliphatic carbocycles. The maximum absolute atomic E-state index is 4.63. The minimum atomic E-state index is 0.766. The molecular formula is C19H18N4. The molecule has 0 saturated carbocycles. The average Bonchev–Trinajstić information content (AvgIpc) is 3.22. The summed E-state index contributed by atoms with van der Waals surface area (Å²) >= 11 is 0. The summed E-state index contributed by atoms with van der Waals surface area (Å²) in [6, 6.07) is 18.8. The van der Waals surface area contributed by atoms with Crippen LogP contribution in [0.2, 0.25) is 0 Å². The Hall–Kier alpha value is -2.88. The van der Waals surface area contributed by atoms with Crippen molar-refractivity contribution in [3.63, 3.8) is 0 Å². The lowest BCUT2D eigenvalue weighted by atomic mass is 10.1. The molecule has 0 spiro atoms. The number of hydrogen-bond donors (Lipinski definition) is 2. The normalized spacial score (nSPS) is 11.1. The van der Waals surface area contributed by atoms with Crippen LogP contribution < -0.4 is 0 Å². The van der Waals surface area contributed by atoms with Gasteiger partial charge in [0.05, 0.1) is 0 Å². The van der Waals surface area contributed by atoms with E-state index in [1.165, 1.54) is 16.5 Å². The van der Waals surface area contributed by atoms with Crippen molar-refractivity contribution in [2.24, 2.45) is 0 Å². The lowest BCUT2D eigenvalue weighted by Crippen LogP contribution is -1.94. The molecule has 114 valence electrons. The van der Waals surface area contributed by atoms with Gasteiger partial charge >= 0.3 is 0 Å². The van der Waals surface area contributed by atoms with Gasteiger partial charge in [0, 0.05) is 29.9 Å². The Labute approximate surface area is 134 Å². The number of fused-ring (bicyclic) bond motifs is 1. The van der Waals surface area contributed by atoms with Crippen LogP contribution in [-0.2, 0) is 19.3 Å². The van der Waals surface area contributed by atoms with Crippen LogP contribution >= 0.6 is 0 Å². The Kier molecular flexibility index (Phi) is 3.64. The second-order valence-corrected chi connectivity index (χ2v) is 5.72. The smallest absolute Gasteiger partial charge is 0.151 e. The fourth-order valence-electron chi connectivity index (χ4n) is 2.88. The van der Waals surface area contributed by atoms with Crippen molar-refractivity contribution in [3.8, 4) is 0 Å². The predicted molar refractivity (Wildman–Crippen MR) is 91.3 cm³/mol. The van der Waals surface area contributed by atoms with Gasteiger partial charge in [-0.25, -0.2) is 4.98 Å². The van der Waals surface area contributed by atoms with Gasteiger partial charge in [0.15, 0.2) is 5.82 Å². The lowest BCUT2D eigenvalue weighted by Gasteiger charge is -1.97. The molecule has 0 saturated heterocycles. The van der Waals surface area contributed by atoms with Crippen molar-refractivity contribution >= 4 is 10.9 Å². The maximum atomic E-state index is 4.63. The van der Waals surface area contributed by atoms with E-state index in [0.29, 0.717) is 0 Å². The van der Waals surface area contributed by atoms with Crippen LogP contribution in [0.3, 0.4) is 0 Å². The van der Waals surface area contributed by atoms with Crippen molar-refractivity contribution in [3.05, 3.63) is 83.6 Å². The van der Waals surface area contributed by atoms with Crippen LogP contribution in [-0.4, -0.2) is 20.2 Å². The molecule has 2 aromatic carbocycles. The molecule has 0 bridgehead atoms. The number of benzene rings is 2. The largest absolute Gasteiger partial charge is 0.361 e. The van der Waals surface area contributed by atoms with Gasteiger partial charge in [-0.3, -0.25) is 5.10 Å². The Bertz CT molecular complexity index is 905. The van der Waals surface area contributed by atoms with E-state index >= 15 is 0 Å². The monoisotopic (exact) mass is 302 g/mol. The molecule has 0 radical (unpaired) electrons. The van der Waals surface area contributed by atoms with Gasteiger partial charge in [-0.05, 0) is 23.6 Å². The average molecular weight is 302 g/mol. The molecular weight excluding hydrogens is 284 g/mol. The number of aromatic nitrogens is 4. The third kappa shape index (κ3) is 3.01. The summed E-state index contributed by atoms with van der Waals surface area (Å²) in [7, 11) is 0. The zero-order chi connectivity index (χ0) is 15.5. The van der Waals surface area contributed by atoms with E-state index in [2.05, 4.69) is 68.8 Å². The van der Waals surface area contributed by atoms with Crippen LogP contribution in [0.15, 0.2) is 60.8 Å². The van der Waals surface area contributed by atoms with Crippen molar-refractivity contribution in [1.82, 2.24) is 20.2 Å². The van der Waals surface area contributed by atoms with Crippen LogP contribution in [0.4, 0.5) is 0 Å². The molecule has 4 heteroatoms. The maximum Gasteiger partial charge on any atom is 0.151 e. The highest BCUT2D eigenvalue weighted by molar-refractivity contribution is 5.83. The van der Waals surface area contributed by atoms with Crippen LogP contribution in [0.5, 0.6) is 0 Å². The van der Waals surface area contributed by atoms with Crippen molar-refractivity contribution < 1.29 is 0 Å². The summed E-state index contributed by atoms with van der Waals surface area (Å²) in [5.41, 5.74) is 3.72. The van der Waals surface area contributed by atoms with Gasteiger partial charge in [-0.2, -0.15) is 5.10 Å². The quantitative estimate of drug-likeness (QED) is 0.591. The third-order valence-corrected chi connectivity index (χ3v) is 4.09. The fourth-order valence-corrected chi connectivity index (χ4v) is 2.88. The standard InChI is InChI=1S/C19H18N4/c1-2-6-14(7-3-1)10-11-18-21-19(23-22-18)12-15-13-20-17-9-5-4-8-16(15)17/h1-9,13,20H,10-12H2,(H,21,22,23). The molecule has 0 unspecified atom stereocenters. The Morgan fingerprint density at radius 2 is 1.70 bits per heavy atom. The first-order chi connectivity index (χ1) is 11.4. The number of aryl methyl sites for hydroxylation is 2. The predicted octanol–water partition coefficient (Wildman–Crippen LogP) is 3.66. The molecule has 2 heterocycles. The van der Waals surface area contributed by atoms with E-state index in [-0.39, 0.29) is 0 Å². The fraction of sp³-hybridized carbons (Fsp3) is 0.158. The first-order valence-electron chi connectivity index (χ1n) is 7.87. The molecule has 0 aliphatic heterocycles. The van der Waals surface area contributed by atoms with Crippen molar-refractivity contribution in [2.45, 2.75) is 19.3 Å². The minimum absolute atomic E-state index is 0.766. The van der Waals surface area contributed by atoms with Crippen LogP contribution in [0, 0.1) is 0 Å². The van der Waals surface area contributed by atoms with Crippen molar-refractivity contribution in [1.29, 1.82) is 0 Å². The van der Waals surface area contributed by atoms with Crippen molar-refractivity contribution in [2.75, 3.05) is 0 Å². The zero-order valence-corrected chi connectivity index (χ0v) is 12.8. The molecule has 0 atom stereocenters. The number of H-pyrrole nitrogens is 2. The number of rotatable bonds is 5. The summed E-state index contributed by atoms with van der Waals surface area (Å²) in [4.78, 5) is 7.93. The molecule has 0 amide bonds. The van der Waals surface area contributed by atoms with Gasteiger partial charge in [-0.15, -0.1) is 0 Å². The molecule has 4 rings (SSSR count). The summed E-state index contributed by atoms with van der Waals surface area (Å²) in [5.74, 6) is 1.79. The topological polar surface area (TPSA) is 57.4 Å². The second-order valence-electron chi connectivity index (χ2n) is 5.72. The first-order valence-corrected chi connectivity index (χ1v) is 7.87. The highest BCUT2D eigenvalue weighted by atomic mass is 15.2. The summed E-state index contributed by atoms with van der Waals surface area (Å²) in [6.45, 7) is 0.